The Bertz CT molecular complexity index is 1380. The summed E-state index contributed by atoms with van der Waals surface area (Å²) in [7, 11) is -4.13. The second-order valence-electron chi connectivity index (χ2n) is 8.85. The van der Waals surface area contributed by atoms with E-state index >= 15 is 0 Å². The zero-order valence-electron chi connectivity index (χ0n) is 22.2. The Balaban J connectivity index is 2.13. The predicted octanol–water partition coefficient (Wildman–Crippen LogP) is 5.69. The molecule has 3 aromatic rings. The Labute approximate surface area is 240 Å². The van der Waals surface area contributed by atoms with Crippen LogP contribution in [0.2, 0.25) is 10.0 Å². The van der Waals surface area contributed by atoms with Gasteiger partial charge in [0.05, 0.1) is 10.6 Å². The topological polar surface area (TPSA) is 86.8 Å². The Morgan fingerprint density at radius 1 is 0.872 bits per heavy atom. The van der Waals surface area contributed by atoms with Crippen LogP contribution in [0.1, 0.15) is 38.3 Å². The fraction of sp³-hybridized carbons (Fsp3) is 0.310. The molecule has 0 aromatic heterocycles. The normalized spacial score (nSPS) is 12.0. The molecule has 0 aliphatic carbocycles. The molecule has 3 rings (SSSR count). The maximum atomic E-state index is 14.1. The molecule has 39 heavy (non-hydrogen) atoms. The molecule has 0 heterocycles. The molecule has 0 bridgehead atoms. The molecule has 208 valence electrons. The predicted molar refractivity (Wildman–Crippen MR) is 157 cm³/mol. The smallest absolute Gasteiger partial charge is 0.264 e. The summed E-state index contributed by atoms with van der Waals surface area (Å²) in [5.41, 5.74) is 1.64. The van der Waals surface area contributed by atoms with Crippen molar-refractivity contribution in [3.63, 3.8) is 0 Å². The lowest BCUT2D eigenvalue weighted by atomic mass is 10.1. The molecular weight excluding hydrogens is 557 g/mol. The van der Waals surface area contributed by atoms with Gasteiger partial charge in [0.1, 0.15) is 12.6 Å². The van der Waals surface area contributed by atoms with Crippen LogP contribution >= 0.6 is 23.2 Å². The van der Waals surface area contributed by atoms with Gasteiger partial charge in [0, 0.05) is 28.7 Å². The van der Waals surface area contributed by atoms with E-state index in [0.717, 1.165) is 9.87 Å². The number of halogens is 2. The molecule has 0 radical (unpaired) electrons. The second kappa shape index (κ2) is 13.8. The van der Waals surface area contributed by atoms with Crippen LogP contribution in [-0.4, -0.2) is 44.3 Å². The van der Waals surface area contributed by atoms with E-state index in [4.69, 9.17) is 23.2 Å². The van der Waals surface area contributed by atoms with Gasteiger partial charge in [-0.25, -0.2) is 8.42 Å². The van der Waals surface area contributed by atoms with Crippen molar-refractivity contribution < 1.29 is 18.0 Å². The number of hydrogen-bond acceptors (Lipinski definition) is 4. The van der Waals surface area contributed by atoms with Crippen LogP contribution in [-0.2, 0) is 32.6 Å². The molecule has 0 saturated heterocycles. The van der Waals surface area contributed by atoms with Gasteiger partial charge in [0.25, 0.3) is 10.0 Å². The van der Waals surface area contributed by atoms with E-state index in [2.05, 4.69) is 5.32 Å². The third-order valence-electron chi connectivity index (χ3n) is 6.38. The Morgan fingerprint density at radius 2 is 1.49 bits per heavy atom. The van der Waals surface area contributed by atoms with Gasteiger partial charge in [-0.15, -0.1) is 0 Å². The van der Waals surface area contributed by atoms with E-state index in [9.17, 15) is 18.0 Å². The summed E-state index contributed by atoms with van der Waals surface area (Å²) in [6.07, 6.45) is 0.858. The molecule has 1 N–H and O–H groups in total. The third-order valence-corrected chi connectivity index (χ3v) is 8.86. The largest absolute Gasteiger partial charge is 0.355 e. The first-order chi connectivity index (χ1) is 18.6. The minimum atomic E-state index is -4.13. The number of nitrogens with zero attached hydrogens (tertiary/aromatic N) is 2. The van der Waals surface area contributed by atoms with Crippen LogP contribution in [0.5, 0.6) is 0 Å². The lowest BCUT2D eigenvalue weighted by Gasteiger charge is -2.34. The van der Waals surface area contributed by atoms with Gasteiger partial charge in [-0.05, 0) is 55.7 Å². The molecule has 0 spiro atoms. The molecule has 1 atom stereocenters. The Hall–Kier alpha value is -3.07. The van der Waals surface area contributed by atoms with Gasteiger partial charge >= 0.3 is 0 Å². The highest BCUT2D eigenvalue weighted by Crippen LogP contribution is 2.30. The van der Waals surface area contributed by atoms with Crippen LogP contribution in [0, 0.1) is 0 Å². The second-order valence-corrected chi connectivity index (χ2v) is 11.5. The number of carbonyl (C=O) groups excluding carboxylic acids is 2. The van der Waals surface area contributed by atoms with E-state index in [1.54, 1.807) is 62.4 Å². The van der Waals surface area contributed by atoms with Crippen LogP contribution in [0.15, 0.2) is 77.7 Å². The van der Waals surface area contributed by atoms with Crippen molar-refractivity contribution >= 4 is 50.7 Å². The first-order valence-electron chi connectivity index (χ1n) is 12.8. The Kier molecular flexibility index (Phi) is 10.8. The standard InChI is InChI=1S/C29H33Cl2N3O4S/c1-4-21-13-10-11-18-27(21)34(39(37,38)22-14-8-7-9-15-22)20-28(35)33(26(5-2)29(36)32-6-3)19-23-24(30)16-12-17-25(23)31/h7-18,26H,4-6,19-20H2,1-3H3,(H,32,36)/t26-/m0/s1. The van der Waals surface area contributed by atoms with Gasteiger partial charge in [0.2, 0.25) is 11.8 Å². The molecule has 0 aliphatic heterocycles. The van der Waals surface area contributed by atoms with Crippen molar-refractivity contribution in [2.45, 2.75) is 51.1 Å². The number of nitrogens with one attached hydrogen (secondary N) is 1. The van der Waals surface area contributed by atoms with Gasteiger partial charge < -0.3 is 10.2 Å². The number of anilines is 1. The average Bonchev–Trinajstić information content (AvgIpc) is 2.93. The number of benzene rings is 3. The summed E-state index contributed by atoms with van der Waals surface area (Å²) in [6, 6.07) is 19.2. The van der Waals surface area contributed by atoms with Crippen LogP contribution in [0.3, 0.4) is 0 Å². The van der Waals surface area contributed by atoms with E-state index in [1.165, 1.54) is 17.0 Å². The monoisotopic (exact) mass is 589 g/mol. The number of hydrogen-bond donors (Lipinski definition) is 1. The Morgan fingerprint density at radius 3 is 2.08 bits per heavy atom. The lowest BCUT2D eigenvalue weighted by Crippen LogP contribution is -2.52. The number of sulfonamides is 1. The molecule has 0 fully saturated rings. The van der Waals surface area contributed by atoms with E-state index in [1.807, 2.05) is 19.1 Å². The maximum Gasteiger partial charge on any atom is 0.264 e. The van der Waals surface area contributed by atoms with Gasteiger partial charge in [-0.2, -0.15) is 0 Å². The first kappa shape index (κ1) is 30.5. The number of rotatable bonds is 12. The molecule has 2 amide bonds. The summed E-state index contributed by atoms with van der Waals surface area (Å²) in [5, 5.41) is 3.46. The molecule has 10 heteroatoms. The highest BCUT2D eigenvalue weighted by molar-refractivity contribution is 7.92. The van der Waals surface area contributed by atoms with Crippen LogP contribution in [0.4, 0.5) is 5.69 Å². The van der Waals surface area contributed by atoms with Crippen LogP contribution < -0.4 is 9.62 Å². The summed E-state index contributed by atoms with van der Waals surface area (Å²) >= 11 is 12.9. The third kappa shape index (κ3) is 7.12. The molecule has 3 aromatic carbocycles. The van der Waals surface area contributed by atoms with Gasteiger partial charge in [0.15, 0.2) is 0 Å². The highest BCUT2D eigenvalue weighted by Gasteiger charge is 2.34. The van der Waals surface area contributed by atoms with E-state index in [-0.39, 0.29) is 17.3 Å². The van der Waals surface area contributed by atoms with Gasteiger partial charge in [-0.3, -0.25) is 13.9 Å². The van der Waals surface area contributed by atoms with Gasteiger partial charge in [-0.1, -0.05) is 79.5 Å². The number of para-hydroxylation sites is 1. The van der Waals surface area contributed by atoms with Crippen molar-refractivity contribution in [2.75, 3.05) is 17.4 Å². The molecule has 0 saturated carbocycles. The van der Waals surface area contributed by atoms with Crippen molar-refractivity contribution in [2.24, 2.45) is 0 Å². The summed E-state index contributed by atoms with van der Waals surface area (Å²) in [6.45, 7) is 5.29. The zero-order valence-corrected chi connectivity index (χ0v) is 24.6. The maximum absolute atomic E-state index is 14.1. The minimum Gasteiger partial charge on any atom is -0.355 e. The zero-order chi connectivity index (χ0) is 28.6. The van der Waals surface area contributed by atoms with E-state index in [0.29, 0.717) is 40.7 Å². The summed E-state index contributed by atoms with van der Waals surface area (Å²) in [5.74, 6) is -0.905. The fourth-order valence-corrected chi connectivity index (χ4v) is 6.34. The summed E-state index contributed by atoms with van der Waals surface area (Å²) in [4.78, 5) is 28.6. The molecular formula is C29H33Cl2N3O4S. The number of amides is 2. The van der Waals surface area contributed by atoms with Crippen molar-refractivity contribution in [3.05, 3.63) is 94.0 Å². The summed E-state index contributed by atoms with van der Waals surface area (Å²) < 4.78 is 29.0. The van der Waals surface area contributed by atoms with Crippen molar-refractivity contribution in [3.8, 4) is 0 Å². The van der Waals surface area contributed by atoms with Crippen LogP contribution in [0.25, 0.3) is 0 Å². The fourth-order valence-electron chi connectivity index (χ4n) is 4.35. The SMILES string of the molecule is CCNC(=O)[C@H](CC)N(Cc1c(Cl)cccc1Cl)C(=O)CN(c1ccccc1CC)S(=O)(=O)c1ccccc1. The van der Waals surface area contributed by atoms with Crippen molar-refractivity contribution in [1.29, 1.82) is 0 Å². The minimum absolute atomic E-state index is 0.0557. The van der Waals surface area contributed by atoms with Crippen molar-refractivity contribution in [1.82, 2.24) is 10.2 Å². The quantitative estimate of drug-likeness (QED) is 0.294. The van der Waals surface area contributed by atoms with E-state index < -0.39 is 28.5 Å². The molecule has 7 nitrogen and oxygen atoms in total. The molecule has 0 unspecified atom stereocenters. The number of aryl methyl sites for hydroxylation is 1. The molecule has 0 aliphatic rings. The number of carbonyl (C=O) groups is 2. The highest BCUT2D eigenvalue weighted by atomic mass is 35.5. The lowest BCUT2D eigenvalue weighted by molar-refractivity contribution is -0.140. The first-order valence-corrected chi connectivity index (χ1v) is 15.0. The number of likely N-dealkylation sites (N-methyl/N-ethyl adjacent to an activating group) is 1. The average molecular weight is 591 g/mol.